The molecule has 1 rings (SSSR count). The number of hydrogen-bond donors (Lipinski definition) is 4. The second kappa shape index (κ2) is 7.10. The fourth-order valence-electron chi connectivity index (χ4n) is 1.53. The van der Waals surface area contributed by atoms with Crippen molar-refractivity contribution in [3.63, 3.8) is 0 Å². The van der Waals surface area contributed by atoms with Gasteiger partial charge in [0, 0.05) is 0 Å². The Morgan fingerprint density at radius 2 is 2.00 bits per heavy atom. The number of aliphatic hydroxyl groups is 4. The van der Waals surface area contributed by atoms with E-state index in [1.807, 2.05) is 0 Å². The summed E-state index contributed by atoms with van der Waals surface area (Å²) >= 11 is 4.35. The van der Waals surface area contributed by atoms with Crippen LogP contribution in [0, 0.1) is 0 Å². The number of ether oxygens (including phenoxy) is 2. The van der Waals surface area contributed by atoms with E-state index in [-0.39, 0.29) is 13.2 Å². The van der Waals surface area contributed by atoms with Crippen molar-refractivity contribution in [2.75, 3.05) is 19.8 Å². The summed E-state index contributed by atoms with van der Waals surface area (Å²) in [7, 11) is 0. The van der Waals surface area contributed by atoms with E-state index in [0.29, 0.717) is 0 Å². The maximum absolute atomic E-state index is 9.67. The van der Waals surface area contributed by atoms with Crippen LogP contribution in [-0.4, -0.2) is 76.1 Å². The number of isothiocyanates is 1. The summed E-state index contributed by atoms with van der Waals surface area (Å²) in [5.41, 5.74) is 0. The lowest BCUT2D eigenvalue weighted by molar-refractivity contribution is -0.295. The Morgan fingerprint density at radius 3 is 2.59 bits per heavy atom. The second-order valence-corrected chi connectivity index (χ2v) is 3.72. The van der Waals surface area contributed by atoms with E-state index in [2.05, 4.69) is 22.4 Å². The summed E-state index contributed by atoms with van der Waals surface area (Å²) in [5.74, 6) is 0. The Labute approximate surface area is 103 Å². The third-order valence-corrected chi connectivity index (χ3v) is 2.55. The van der Waals surface area contributed by atoms with Gasteiger partial charge in [-0.1, -0.05) is 0 Å². The smallest absolute Gasteiger partial charge is 0.184 e. The summed E-state index contributed by atoms with van der Waals surface area (Å²) < 4.78 is 10.0. The van der Waals surface area contributed by atoms with Crippen molar-refractivity contribution in [3.05, 3.63) is 0 Å². The molecule has 5 atom stereocenters. The SMILES string of the molecule is OC[C@H]1O[C@H](O)[C@@H](OCCN=C=S)[C@@H](O)[C@@H]1O. The van der Waals surface area contributed by atoms with Crippen molar-refractivity contribution in [1.29, 1.82) is 0 Å². The Bertz CT molecular complexity index is 285. The molecule has 1 heterocycles. The highest BCUT2D eigenvalue weighted by Gasteiger charge is 2.44. The minimum atomic E-state index is -1.41. The Morgan fingerprint density at radius 1 is 1.29 bits per heavy atom. The van der Waals surface area contributed by atoms with Gasteiger partial charge in [0.1, 0.15) is 24.4 Å². The molecule has 0 aromatic heterocycles. The van der Waals surface area contributed by atoms with Crippen molar-refractivity contribution >= 4 is 17.4 Å². The quantitative estimate of drug-likeness (QED) is 0.256. The largest absolute Gasteiger partial charge is 0.394 e. The van der Waals surface area contributed by atoms with Gasteiger partial charge in [-0.3, -0.25) is 0 Å². The molecule has 1 fully saturated rings. The van der Waals surface area contributed by atoms with Gasteiger partial charge in [0.2, 0.25) is 0 Å². The Kier molecular flexibility index (Phi) is 6.10. The molecule has 4 N–H and O–H groups in total. The van der Waals surface area contributed by atoms with Crippen LogP contribution < -0.4 is 0 Å². The third kappa shape index (κ3) is 3.77. The fraction of sp³-hybridized carbons (Fsp3) is 0.889. The molecular formula is C9H15NO6S. The minimum Gasteiger partial charge on any atom is -0.394 e. The van der Waals surface area contributed by atoms with Gasteiger partial charge in [0.05, 0.1) is 24.9 Å². The monoisotopic (exact) mass is 265 g/mol. The van der Waals surface area contributed by atoms with E-state index >= 15 is 0 Å². The number of nitrogens with zero attached hydrogens (tertiary/aromatic N) is 1. The average molecular weight is 265 g/mol. The summed E-state index contributed by atoms with van der Waals surface area (Å²) in [4.78, 5) is 3.59. The van der Waals surface area contributed by atoms with Gasteiger partial charge in [0.25, 0.3) is 0 Å². The lowest BCUT2D eigenvalue weighted by Crippen LogP contribution is -2.59. The molecule has 98 valence electrons. The van der Waals surface area contributed by atoms with Gasteiger partial charge in [-0.25, -0.2) is 4.99 Å². The molecule has 0 amide bonds. The molecular weight excluding hydrogens is 250 g/mol. The van der Waals surface area contributed by atoms with Crippen LogP contribution >= 0.6 is 12.2 Å². The standard InChI is InChI=1S/C9H15NO6S/c11-3-5-6(12)7(13)8(9(14)16-5)15-2-1-10-4-17/h5-9,11-14H,1-3H2/t5-,6-,7+,8+,9+/m1/s1. The maximum atomic E-state index is 9.67. The molecule has 0 aromatic carbocycles. The second-order valence-electron chi connectivity index (χ2n) is 3.54. The molecule has 8 heteroatoms. The van der Waals surface area contributed by atoms with E-state index in [1.54, 1.807) is 0 Å². The topological polar surface area (TPSA) is 112 Å². The van der Waals surface area contributed by atoms with E-state index in [4.69, 9.17) is 14.6 Å². The van der Waals surface area contributed by atoms with Crippen LogP contribution in [0.4, 0.5) is 0 Å². The zero-order valence-electron chi connectivity index (χ0n) is 8.97. The first-order valence-electron chi connectivity index (χ1n) is 5.07. The normalized spacial score (nSPS) is 37.5. The highest BCUT2D eigenvalue weighted by atomic mass is 32.1. The Balaban J connectivity index is 2.50. The van der Waals surface area contributed by atoms with Crippen LogP contribution in [-0.2, 0) is 9.47 Å². The van der Waals surface area contributed by atoms with Crippen LogP contribution in [0.1, 0.15) is 0 Å². The summed E-state index contributed by atoms with van der Waals surface area (Å²) in [6, 6.07) is 0. The minimum absolute atomic E-state index is 0.0995. The molecule has 0 spiro atoms. The van der Waals surface area contributed by atoms with Crippen LogP contribution in [0.2, 0.25) is 0 Å². The van der Waals surface area contributed by atoms with Crippen molar-refractivity contribution in [2.24, 2.45) is 4.99 Å². The van der Waals surface area contributed by atoms with Crippen LogP contribution in [0.3, 0.4) is 0 Å². The third-order valence-electron chi connectivity index (χ3n) is 2.42. The van der Waals surface area contributed by atoms with E-state index < -0.39 is 37.3 Å². The molecule has 0 bridgehead atoms. The lowest BCUT2D eigenvalue weighted by atomic mass is 9.99. The molecule has 1 aliphatic heterocycles. The number of thiocarbonyl (C=S) groups is 1. The van der Waals surface area contributed by atoms with E-state index in [9.17, 15) is 15.3 Å². The van der Waals surface area contributed by atoms with Gasteiger partial charge in [-0.15, -0.1) is 0 Å². The predicted molar refractivity (Wildman–Crippen MR) is 59.6 cm³/mol. The average Bonchev–Trinajstić information content (AvgIpc) is 2.32. The maximum Gasteiger partial charge on any atom is 0.184 e. The van der Waals surface area contributed by atoms with Gasteiger partial charge in [0.15, 0.2) is 6.29 Å². The molecule has 17 heavy (non-hydrogen) atoms. The van der Waals surface area contributed by atoms with Crippen molar-refractivity contribution < 1.29 is 29.9 Å². The molecule has 0 unspecified atom stereocenters. The van der Waals surface area contributed by atoms with Crippen molar-refractivity contribution in [1.82, 2.24) is 0 Å². The molecule has 0 saturated carbocycles. The highest BCUT2D eigenvalue weighted by molar-refractivity contribution is 7.78. The number of rotatable bonds is 5. The zero-order valence-corrected chi connectivity index (χ0v) is 9.79. The first kappa shape index (κ1) is 14.6. The van der Waals surface area contributed by atoms with Gasteiger partial charge in [-0.2, -0.15) is 0 Å². The highest BCUT2D eigenvalue weighted by Crippen LogP contribution is 2.21. The molecule has 0 radical (unpaired) electrons. The van der Waals surface area contributed by atoms with Crippen LogP contribution in [0.15, 0.2) is 4.99 Å². The van der Waals surface area contributed by atoms with Crippen LogP contribution in [0.5, 0.6) is 0 Å². The lowest BCUT2D eigenvalue weighted by Gasteiger charge is -2.39. The first-order chi connectivity index (χ1) is 8.11. The fourth-order valence-corrected chi connectivity index (χ4v) is 1.62. The number of aliphatic imine (C=N–C) groups is 1. The van der Waals surface area contributed by atoms with Crippen LogP contribution in [0.25, 0.3) is 0 Å². The molecule has 1 saturated heterocycles. The molecule has 1 aliphatic rings. The van der Waals surface area contributed by atoms with Gasteiger partial charge >= 0.3 is 0 Å². The van der Waals surface area contributed by atoms with Gasteiger partial charge < -0.3 is 29.9 Å². The number of aliphatic hydroxyl groups excluding tert-OH is 4. The van der Waals surface area contributed by atoms with Crippen molar-refractivity contribution in [3.8, 4) is 0 Å². The molecule has 7 nitrogen and oxygen atoms in total. The summed E-state index contributed by atoms with van der Waals surface area (Å²) in [5, 5.41) is 39.7. The van der Waals surface area contributed by atoms with E-state index in [1.165, 1.54) is 0 Å². The first-order valence-corrected chi connectivity index (χ1v) is 5.48. The molecule has 0 aromatic rings. The van der Waals surface area contributed by atoms with Crippen molar-refractivity contribution in [2.45, 2.75) is 30.7 Å². The van der Waals surface area contributed by atoms with E-state index in [0.717, 1.165) is 0 Å². The summed E-state index contributed by atoms with van der Waals surface area (Å²) in [6.07, 6.45) is -6.19. The van der Waals surface area contributed by atoms with Gasteiger partial charge in [-0.05, 0) is 12.2 Å². The summed E-state index contributed by atoms with van der Waals surface area (Å²) in [6.45, 7) is -0.168. The number of hydrogen-bond acceptors (Lipinski definition) is 8. The Hall–Kier alpha value is -0.440. The molecule has 0 aliphatic carbocycles. The predicted octanol–water partition coefficient (Wildman–Crippen LogP) is -2.09. The zero-order chi connectivity index (χ0) is 12.8.